The summed E-state index contributed by atoms with van der Waals surface area (Å²) in [7, 11) is 0. The van der Waals surface area contributed by atoms with Crippen molar-refractivity contribution >= 4 is 52.5 Å². The van der Waals surface area contributed by atoms with E-state index in [9.17, 15) is 9.59 Å². The van der Waals surface area contributed by atoms with Crippen molar-refractivity contribution in [2.24, 2.45) is 0 Å². The molecule has 0 bridgehead atoms. The third-order valence-corrected chi connectivity index (χ3v) is 5.58. The summed E-state index contributed by atoms with van der Waals surface area (Å²) in [5, 5.41) is 2.96. The van der Waals surface area contributed by atoms with E-state index in [0.29, 0.717) is 10.7 Å². The Bertz CT molecular complexity index is 1210. The summed E-state index contributed by atoms with van der Waals surface area (Å²) in [5.74, 6) is -1.04. The quantitative estimate of drug-likeness (QED) is 0.372. The van der Waals surface area contributed by atoms with Crippen LogP contribution in [0.1, 0.15) is 17.0 Å². The molecule has 1 aromatic heterocycles. The fourth-order valence-electron chi connectivity index (χ4n) is 3.57. The molecule has 0 unspecified atom stereocenters. The second-order valence-corrected chi connectivity index (χ2v) is 7.70. The van der Waals surface area contributed by atoms with Crippen LogP contribution in [0.4, 0.5) is 5.69 Å². The Balaban J connectivity index is 1.78. The summed E-state index contributed by atoms with van der Waals surface area (Å²) in [6, 6.07) is 18.7. The molecular weight excluding hydrogens is 418 g/mol. The van der Waals surface area contributed by atoms with Gasteiger partial charge in [0.25, 0.3) is 11.8 Å². The number of nitrogens with one attached hydrogen (secondary N) is 1. The Morgan fingerprint density at radius 3 is 2.37 bits per heavy atom. The largest absolute Gasteiger partial charge is 0.318 e. The number of halogens is 1. The first kappa shape index (κ1) is 20.1. The van der Waals surface area contributed by atoms with Crippen LogP contribution < -0.4 is 10.2 Å². The van der Waals surface area contributed by atoms with Crippen molar-refractivity contribution in [1.82, 2.24) is 9.88 Å². The number of rotatable bonds is 3. The van der Waals surface area contributed by atoms with Crippen molar-refractivity contribution in [3.8, 4) is 5.69 Å². The molecule has 1 aliphatic heterocycles. The van der Waals surface area contributed by atoms with E-state index in [2.05, 4.69) is 9.88 Å². The Labute approximate surface area is 184 Å². The van der Waals surface area contributed by atoms with Gasteiger partial charge in [0.05, 0.1) is 10.7 Å². The summed E-state index contributed by atoms with van der Waals surface area (Å²) in [6.07, 6.45) is 1.60. The maximum atomic E-state index is 13.2. The number of hydrogen-bond donors (Lipinski definition) is 1. The smallest absolute Gasteiger partial charge is 0.270 e. The van der Waals surface area contributed by atoms with Gasteiger partial charge in [0, 0.05) is 17.1 Å². The molecule has 2 aromatic carbocycles. The fraction of sp³-hybridized carbons (Fsp3) is 0.0870. The lowest BCUT2D eigenvalue weighted by Crippen LogP contribution is -2.54. The Morgan fingerprint density at radius 2 is 1.67 bits per heavy atom. The van der Waals surface area contributed by atoms with E-state index in [0.717, 1.165) is 22.6 Å². The maximum Gasteiger partial charge on any atom is 0.270 e. The highest BCUT2D eigenvalue weighted by Gasteiger charge is 2.35. The average Bonchev–Trinajstić information content (AvgIpc) is 3.00. The second-order valence-electron chi connectivity index (χ2n) is 6.91. The normalized spacial score (nSPS) is 15.6. The molecule has 0 aliphatic carbocycles. The lowest BCUT2D eigenvalue weighted by atomic mass is 10.1. The van der Waals surface area contributed by atoms with Crippen molar-refractivity contribution in [3.63, 3.8) is 0 Å². The fourth-order valence-corrected chi connectivity index (χ4v) is 4.07. The van der Waals surface area contributed by atoms with Gasteiger partial charge in [-0.2, -0.15) is 0 Å². The van der Waals surface area contributed by atoms with E-state index < -0.39 is 11.8 Å². The SMILES string of the molecule is Cc1cc(/C=C2/C(=O)NC(=S)N(c3ccccc3Cl)C2=O)c(C)n1-c1ccccc1. The van der Waals surface area contributed by atoms with Crippen LogP contribution in [-0.4, -0.2) is 21.5 Å². The molecule has 0 saturated carbocycles. The number of carbonyl (C=O) groups excluding carboxylic acids is 2. The molecule has 1 aliphatic rings. The van der Waals surface area contributed by atoms with E-state index in [1.807, 2.05) is 50.2 Å². The maximum absolute atomic E-state index is 13.2. The molecule has 30 heavy (non-hydrogen) atoms. The van der Waals surface area contributed by atoms with Crippen LogP contribution >= 0.6 is 23.8 Å². The molecule has 1 fully saturated rings. The summed E-state index contributed by atoms with van der Waals surface area (Å²) >= 11 is 11.5. The summed E-state index contributed by atoms with van der Waals surface area (Å²) in [5.41, 5.74) is 4.13. The minimum Gasteiger partial charge on any atom is -0.318 e. The first-order valence-corrected chi connectivity index (χ1v) is 10.1. The highest BCUT2D eigenvalue weighted by atomic mass is 35.5. The molecule has 0 radical (unpaired) electrons. The molecular formula is C23H18ClN3O2S. The van der Waals surface area contributed by atoms with E-state index in [4.69, 9.17) is 23.8 Å². The Hall–Kier alpha value is -3.22. The third kappa shape index (κ3) is 3.44. The molecule has 2 heterocycles. The zero-order chi connectivity index (χ0) is 21.4. The molecule has 5 nitrogen and oxygen atoms in total. The van der Waals surface area contributed by atoms with Gasteiger partial charge in [0.2, 0.25) is 0 Å². The summed E-state index contributed by atoms with van der Waals surface area (Å²) < 4.78 is 2.08. The zero-order valence-electron chi connectivity index (χ0n) is 16.3. The minimum absolute atomic E-state index is 0.00293. The topological polar surface area (TPSA) is 54.3 Å². The van der Waals surface area contributed by atoms with Crippen molar-refractivity contribution in [2.45, 2.75) is 13.8 Å². The van der Waals surface area contributed by atoms with Crippen molar-refractivity contribution in [1.29, 1.82) is 0 Å². The van der Waals surface area contributed by atoms with E-state index in [1.165, 1.54) is 4.90 Å². The van der Waals surface area contributed by atoms with Gasteiger partial charge >= 0.3 is 0 Å². The van der Waals surface area contributed by atoms with Gasteiger partial charge in [0.1, 0.15) is 5.57 Å². The van der Waals surface area contributed by atoms with E-state index in [-0.39, 0.29) is 10.7 Å². The standard InChI is InChI=1S/C23H18ClN3O2S/c1-14-12-16(15(2)26(14)17-8-4-3-5-9-17)13-18-21(28)25-23(30)27(22(18)29)20-11-7-6-10-19(20)24/h3-13H,1-2H3,(H,25,28,30)/b18-13-. The van der Waals surface area contributed by atoms with Gasteiger partial charge in [-0.3, -0.25) is 19.8 Å². The molecule has 1 N–H and O–H groups in total. The average molecular weight is 436 g/mol. The third-order valence-electron chi connectivity index (χ3n) is 4.98. The number of aryl methyl sites for hydroxylation is 1. The number of anilines is 1. The zero-order valence-corrected chi connectivity index (χ0v) is 17.9. The Kier molecular flexibility index (Phi) is 5.28. The number of aromatic nitrogens is 1. The van der Waals surface area contributed by atoms with Crippen molar-refractivity contribution in [3.05, 3.63) is 88.2 Å². The van der Waals surface area contributed by atoms with Crippen LogP contribution in [0, 0.1) is 13.8 Å². The number of nitrogens with zero attached hydrogens (tertiary/aromatic N) is 2. The number of hydrogen-bond acceptors (Lipinski definition) is 3. The molecule has 1 saturated heterocycles. The number of benzene rings is 2. The molecule has 0 atom stereocenters. The number of thiocarbonyl (C=S) groups is 1. The van der Waals surface area contributed by atoms with Crippen LogP contribution in [0.25, 0.3) is 11.8 Å². The van der Waals surface area contributed by atoms with Crippen LogP contribution in [0.3, 0.4) is 0 Å². The molecule has 3 aromatic rings. The molecule has 7 heteroatoms. The first-order chi connectivity index (χ1) is 14.4. The molecule has 2 amide bonds. The van der Waals surface area contributed by atoms with Gasteiger partial charge < -0.3 is 4.57 Å². The predicted octanol–water partition coefficient (Wildman–Crippen LogP) is 4.58. The summed E-state index contributed by atoms with van der Waals surface area (Å²) in [6.45, 7) is 3.93. The van der Waals surface area contributed by atoms with Crippen LogP contribution in [0.15, 0.2) is 66.2 Å². The van der Waals surface area contributed by atoms with E-state index >= 15 is 0 Å². The highest BCUT2D eigenvalue weighted by Crippen LogP contribution is 2.30. The molecule has 0 spiro atoms. The van der Waals surface area contributed by atoms with Crippen LogP contribution in [-0.2, 0) is 9.59 Å². The predicted molar refractivity (Wildman–Crippen MR) is 123 cm³/mol. The molecule has 150 valence electrons. The number of carbonyl (C=O) groups is 2. The Morgan fingerprint density at radius 1 is 1.00 bits per heavy atom. The molecule has 4 rings (SSSR count). The number of amides is 2. The second kappa shape index (κ2) is 7.89. The van der Waals surface area contributed by atoms with Crippen LogP contribution in [0.2, 0.25) is 5.02 Å². The van der Waals surface area contributed by atoms with Crippen LogP contribution in [0.5, 0.6) is 0 Å². The summed E-state index contributed by atoms with van der Waals surface area (Å²) in [4.78, 5) is 27.1. The highest BCUT2D eigenvalue weighted by molar-refractivity contribution is 7.80. The monoisotopic (exact) mass is 435 g/mol. The first-order valence-electron chi connectivity index (χ1n) is 9.29. The van der Waals surface area contributed by atoms with Crippen molar-refractivity contribution < 1.29 is 9.59 Å². The van der Waals surface area contributed by atoms with Crippen molar-refractivity contribution in [2.75, 3.05) is 4.90 Å². The van der Waals surface area contributed by atoms with Gasteiger partial charge in [-0.25, -0.2) is 0 Å². The van der Waals surface area contributed by atoms with Gasteiger partial charge in [-0.1, -0.05) is 41.9 Å². The number of para-hydroxylation sites is 2. The van der Waals surface area contributed by atoms with Gasteiger partial charge in [0.15, 0.2) is 5.11 Å². The van der Waals surface area contributed by atoms with Gasteiger partial charge in [-0.05, 0) is 68.0 Å². The lowest BCUT2D eigenvalue weighted by molar-refractivity contribution is -0.122. The van der Waals surface area contributed by atoms with E-state index in [1.54, 1.807) is 30.3 Å². The van der Waals surface area contributed by atoms with Gasteiger partial charge in [-0.15, -0.1) is 0 Å². The minimum atomic E-state index is -0.530. The lowest BCUT2D eigenvalue weighted by Gasteiger charge is -2.29.